The fourth-order valence-corrected chi connectivity index (χ4v) is 4.18. The van der Waals surface area contributed by atoms with E-state index in [1.54, 1.807) is 11.8 Å². The lowest BCUT2D eigenvalue weighted by Crippen LogP contribution is -2.44. The third-order valence-corrected chi connectivity index (χ3v) is 5.98. The van der Waals surface area contributed by atoms with Crippen LogP contribution in [0.15, 0.2) is 105 Å². The minimum Gasteiger partial charge on any atom is -0.443 e. The number of carbonyl (C=O) groups excluding carboxylic acids is 1. The molecule has 1 aromatic heterocycles. The number of rotatable bonds is 5. The molecular weight excluding hydrogens is 438 g/mol. The van der Waals surface area contributed by atoms with Crippen LogP contribution >= 0.6 is 11.8 Å². The second-order valence-corrected chi connectivity index (χ2v) is 8.21. The molecule has 0 fully saturated rings. The van der Waals surface area contributed by atoms with Crippen LogP contribution in [0.25, 0.3) is 0 Å². The minimum atomic E-state index is -1.55. The monoisotopic (exact) mass is 457 g/mol. The van der Waals surface area contributed by atoms with Gasteiger partial charge in [0.2, 0.25) is 5.88 Å². The zero-order valence-electron chi connectivity index (χ0n) is 17.6. The van der Waals surface area contributed by atoms with Crippen molar-refractivity contribution in [3.05, 3.63) is 118 Å². The van der Waals surface area contributed by atoms with Crippen molar-refractivity contribution in [2.45, 2.75) is 10.7 Å². The van der Waals surface area contributed by atoms with Crippen molar-refractivity contribution in [1.82, 2.24) is 0 Å². The van der Waals surface area contributed by atoms with E-state index in [1.165, 1.54) is 6.07 Å². The van der Waals surface area contributed by atoms with Crippen LogP contribution in [0.2, 0.25) is 0 Å². The smallest absolute Gasteiger partial charge is 0.356 e. The molecule has 1 aliphatic rings. The molecule has 2 heterocycles. The van der Waals surface area contributed by atoms with Crippen LogP contribution in [-0.4, -0.2) is 12.2 Å². The van der Waals surface area contributed by atoms with Gasteiger partial charge in [-0.3, -0.25) is 0 Å². The van der Waals surface area contributed by atoms with Crippen molar-refractivity contribution >= 4 is 29.3 Å². The van der Waals surface area contributed by atoms with E-state index < -0.39 is 17.4 Å². The van der Waals surface area contributed by atoms with Gasteiger partial charge in [-0.1, -0.05) is 66.7 Å². The molecule has 6 nitrogen and oxygen atoms in total. The first-order chi connectivity index (χ1) is 16.1. The van der Waals surface area contributed by atoms with E-state index in [1.807, 2.05) is 91.2 Å². The van der Waals surface area contributed by atoms with E-state index in [0.717, 1.165) is 10.6 Å². The predicted molar refractivity (Wildman–Crippen MR) is 126 cm³/mol. The molecule has 0 unspecified atom stereocenters. The van der Waals surface area contributed by atoms with Crippen LogP contribution in [0.5, 0.6) is 5.75 Å². The van der Waals surface area contributed by atoms with Crippen LogP contribution in [0.4, 0.5) is 11.6 Å². The average Bonchev–Trinajstić information content (AvgIpc) is 2.84. The van der Waals surface area contributed by atoms with Crippen molar-refractivity contribution in [3.63, 3.8) is 0 Å². The molecule has 0 bridgehead atoms. The van der Waals surface area contributed by atoms with Gasteiger partial charge in [0.15, 0.2) is 11.3 Å². The van der Waals surface area contributed by atoms with Gasteiger partial charge in [0.25, 0.3) is 0 Å². The Labute approximate surface area is 194 Å². The summed E-state index contributed by atoms with van der Waals surface area (Å²) in [5.41, 5.74) is 0.855. The maximum absolute atomic E-state index is 13.0. The quantitative estimate of drug-likeness (QED) is 0.311. The highest BCUT2D eigenvalue weighted by Gasteiger charge is 2.47. The fourth-order valence-electron chi connectivity index (χ4n) is 3.72. The first kappa shape index (κ1) is 20.9. The number of nitrogens with one attached hydrogen (secondary N) is 1. The molecule has 0 saturated carbocycles. The molecule has 1 N–H and O–H groups in total. The summed E-state index contributed by atoms with van der Waals surface area (Å²) in [7, 11) is 0. The fraction of sp³-hybridized carbons (Fsp3) is 0.0769. The Bertz CT molecular complexity index is 1330. The van der Waals surface area contributed by atoms with Crippen molar-refractivity contribution in [1.29, 1.82) is 0 Å². The Balaban J connectivity index is 1.62. The molecule has 0 atom stereocenters. The van der Waals surface area contributed by atoms with Gasteiger partial charge >= 0.3 is 17.4 Å². The lowest BCUT2D eigenvalue weighted by molar-refractivity contribution is -0.131. The molecule has 0 radical (unpaired) electrons. The van der Waals surface area contributed by atoms with Crippen LogP contribution < -0.4 is 15.7 Å². The molecule has 164 valence electrons. The summed E-state index contributed by atoms with van der Waals surface area (Å²) in [5.74, 6) is -2.12. The summed E-state index contributed by atoms with van der Waals surface area (Å²) in [6, 6.07) is 27.4. The molecule has 0 amide bonds. The number of ether oxygens (including phenoxy) is 2. The number of benzene rings is 3. The molecule has 1 aliphatic heterocycles. The number of esters is 1. The van der Waals surface area contributed by atoms with Gasteiger partial charge in [-0.25, -0.2) is 9.59 Å². The normalized spacial score (nSPS) is 14.0. The molecule has 0 spiro atoms. The van der Waals surface area contributed by atoms with Crippen molar-refractivity contribution in [3.8, 4) is 5.75 Å². The average molecular weight is 458 g/mol. The summed E-state index contributed by atoms with van der Waals surface area (Å²) in [6.45, 7) is 0. The number of carbonyl (C=O) groups is 1. The summed E-state index contributed by atoms with van der Waals surface area (Å²) >= 11 is 1.60. The number of anilines is 2. The maximum Gasteiger partial charge on any atom is 0.356 e. The van der Waals surface area contributed by atoms with Gasteiger partial charge in [0, 0.05) is 27.8 Å². The predicted octanol–water partition coefficient (Wildman–Crippen LogP) is 5.56. The highest BCUT2D eigenvalue weighted by atomic mass is 32.2. The highest BCUT2D eigenvalue weighted by Crippen LogP contribution is 2.42. The Kier molecular flexibility index (Phi) is 5.40. The standard InChI is InChI=1S/C26H19NO5S/c1-33-20-14-8-13-19(15-20)27-22-16-21-23(24(28)30-22)25(29)32-26(31-21,17-9-4-2-5-10-17)18-11-6-3-7-12-18/h2-16,27H,1H3. The van der Waals surface area contributed by atoms with Gasteiger partial charge in [0.1, 0.15) is 0 Å². The number of fused-ring (bicyclic) bond motifs is 1. The molecule has 4 aromatic rings. The topological polar surface area (TPSA) is 77.8 Å². The maximum atomic E-state index is 13.0. The van der Waals surface area contributed by atoms with Gasteiger partial charge < -0.3 is 19.2 Å². The second kappa shape index (κ2) is 8.52. The number of hydrogen-bond acceptors (Lipinski definition) is 7. The van der Waals surface area contributed by atoms with Gasteiger partial charge in [0.05, 0.1) is 0 Å². The molecule has 0 aliphatic carbocycles. The first-order valence-electron chi connectivity index (χ1n) is 10.2. The third-order valence-electron chi connectivity index (χ3n) is 5.25. The molecule has 5 rings (SSSR count). The van der Waals surface area contributed by atoms with Crippen molar-refractivity contribution < 1.29 is 18.7 Å². The third kappa shape index (κ3) is 3.87. The Morgan fingerprint density at radius 3 is 2.09 bits per heavy atom. The second-order valence-electron chi connectivity index (χ2n) is 7.33. The summed E-state index contributed by atoms with van der Waals surface area (Å²) in [6.07, 6.45) is 1.98. The van der Waals surface area contributed by atoms with Gasteiger partial charge in [-0.05, 0) is 24.5 Å². The Morgan fingerprint density at radius 1 is 0.788 bits per heavy atom. The van der Waals surface area contributed by atoms with Crippen LogP contribution in [0.3, 0.4) is 0 Å². The van der Waals surface area contributed by atoms with Gasteiger partial charge in [-0.2, -0.15) is 0 Å². The number of thioether (sulfide) groups is 1. The van der Waals surface area contributed by atoms with Crippen LogP contribution in [0, 0.1) is 0 Å². The van der Waals surface area contributed by atoms with Crippen LogP contribution in [0.1, 0.15) is 21.5 Å². The molecule has 7 heteroatoms. The van der Waals surface area contributed by atoms with Crippen LogP contribution in [-0.2, 0) is 10.5 Å². The largest absolute Gasteiger partial charge is 0.443 e. The molecule has 0 saturated heterocycles. The number of cyclic esters (lactones) is 1. The zero-order valence-corrected chi connectivity index (χ0v) is 18.4. The SMILES string of the molecule is CSc1cccc(Nc2cc3c(c(=O)o2)C(=O)OC(c2ccccc2)(c2ccccc2)O3)c1. The van der Waals surface area contributed by atoms with E-state index in [-0.39, 0.29) is 17.2 Å². The van der Waals surface area contributed by atoms with Crippen molar-refractivity contribution in [2.24, 2.45) is 0 Å². The lowest BCUT2D eigenvalue weighted by atomic mass is 9.95. The van der Waals surface area contributed by atoms with Crippen molar-refractivity contribution in [2.75, 3.05) is 11.6 Å². The highest BCUT2D eigenvalue weighted by molar-refractivity contribution is 7.98. The summed E-state index contributed by atoms with van der Waals surface area (Å²) in [4.78, 5) is 26.8. The van der Waals surface area contributed by atoms with E-state index in [4.69, 9.17) is 13.9 Å². The summed E-state index contributed by atoms with van der Waals surface area (Å²) in [5, 5.41) is 3.08. The Morgan fingerprint density at radius 2 is 1.45 bits per heavy atom. The van der Waals surface area contributed by atoms with E-state index >= 15 is 0 Å². The van der Waals surface area contributed by atoms with E-state index in [2.05, 4.69) is 5.32 Å². The van der Waals surface area contributed by atoms with Gasteiger partial charge in [-0.15, -0.1) is 11.8 Å². The minimum absolute atomic E-state index is 0.0822. The number of hydrogen-bond donors (Lipinski definition) is 1. The first-order valence-corrected chi connectivity index (χ1v) is 11.4. The summed E-state index contributed by atoms with van der Waals surface area (Å²) < 4.78 is 17.5. The molecular formula is C26H19NO5S. The van der Waals surface area contributed by atoms with E-state index in [9.17, 15) is 9.59 Å². The Hall–Kier alpha value is -3.97. The van der Waals surface area contributed by atoms with E-state index in [0.29, 0.717) is 11.1 Å². The molecule has 33 heavy (non-hydrogen) atoms. The molecule has 3 aromatic carbocycles. The lowest BCUT2D eigenvalue weighted by Gasteiger charge is -2.37. The zero-order chi connectivity index (χ0) is 22.8.